The fourth-order valence-electron chi connectivity index (χ4n) is 4.04. The zero-order chi connectivity index (χ0) is 20.7. The zero-order valence-corrected chi connectivity index (χ0v) is 17.2. The molecule has 1 aromatic carbocycles. The Bertz CT molecular complexity index is 1210. The number of carbonyl (C=O) groups excluding carboxylic acids is 1. The molecule has 1 fully saturated rings. The maximum absolute atomic E-state index is 12.9. The van der Waals surface area contributed by atoms with E-state index in [9.17, 15) is 13.2 Å². The van der Waals surface area contributed by atoms with Gasteiger partial charge < -0.3 is 14.5 Å². The molecule has 0 atom stereocenters. The van der Waals surface area contributed by atoms with Crippen LogP contribution in [0, 0.1) is 0 Å². The molecule has 4 heterocycles. The van der Waals surface area contributed by atoms with E-state index in [2.05, 4.69) is 24.5 Å². The lowest BCUT2D eigenvalue weighted by molar-refractivity contribution is 0.0787. The Kier molecular flexibility index (Phi) is 4.58. The molecule has 2 N–H and O–H groups in total. The highest BCUT2D eigenvalue weighted by Gasteiger charge is 2.24. The lowest BCUT2D eigenvalue weighted by atomic mass is 10.2. The number of hydrogen-bond donors (Lipinski definition) is 2. The summed E-state index contributed by atoms with van der Waals surface area (Å²) in [6.45, 7) is 2.28. The number of aryl methyl sites for hydroxylation is 1. The highest BCUT2D eigenvalue weighted by Crippen LogP contribution is 2.26. The van der Waals surface area contributed by atoms with Gasteiger partial charge >= 0.3 is 0 Å². The van der Waals surface area contributed by atoms with Crippen molar-refractivity contribution < 1.29 is 13.2 Å². The topological polar surface area (TPSA) is 113 Å². The molecular weight excluding hydrogens is 404 g/mol. The fourth-order valence-corrected chi connectivity index (χ4v) is 5.09. The van der Waals surface area contributed by atoms with Crippen molar-refractivity contribution in [3.8, 4) is 11.4 Å². The summed E-state index contributed by atoms with van der Waals surface area (Å²) in [5.41, 5.74) is 1.51. The van der Waals surface area contributed by atoms with Crippen LogP contribution in [0.4, 0.5) is 5.69 Å². The van der Waals surface area contributed by atoms with Crippen molar-refractivity contribution in [3.05, 3.63) is 48.0 Å². The van der Waals surface area contributed by atoms with Gasteiger partial charge in [-0.15, -0.1) is 10.2 Å². The van der Waals surface area contributed by atoms with Crippen LogP contribution in [0.25, 0.3) is 11.4 Å². The Hall–Kier alpha value is -3.14. The third-order valence-corrected chi connectivity index (χ3v) is 6.93. The number of hydrogen-bond acceptors (Lipinski definition) is 5. The highest BCUT2D eigenvalue weighted by atomic mass is 32.2. The van der Waals surface area contributed by atoms with Gasteiger partial charge in [0.05, 0.1) is 0 Å². The Morgan fingerprint density at radius 3 is 2.73 bits per heavy atom. The number of sulfonamides is 1. The molecule has 0 unspecified atom stereocenters. The van der Waals surface area contributed by atoms with Gasteiger partial charge in [-0.05, 0) is 37.5 Å². The third kappa shape index (κ3) is 3.36. The summed E-state index contributed by atoms with van der Waals surface area (Å²) in [7, 11) is -3.84. The molecule has 0 spiro atoms. The van der Waals surface area contributed by atoms with E-state index >= 15 is 0 Å². The summed E-state index contributed by atoms with van der Waals surface area (Å²) in [4.78, 5) is 17.0. The number of H-pyrrole nitrogens is 1. The van der Waals surface area contributed by atoms with Gasteiger partial charge in [0, 0.05) is 43.5 Å². The van der Waals surface area contributed by atoms with Crippen LogP contribution in [0.2, 0.25) is 0 Å². The van der Waals surface area contributed by atoms with Gasteiger partial charge in [0.2, 0.25) is 0 Å². The summed E-state index contributed by atoms with van der Waals surface area (Å²) in [5.74, 6) is 1.53. The molecule has 5 rings (SSSR count). The summed E-state index contributed by atoms with van der Waals surface area (Å²) in [5, 5.41) is 8.46. The van der Waals surface area contributed by atoms with Crippen molar-refractivity contribution in [1.82, 2.24) is 24.6 Å². The number of benzene rings is 1. The van der Waals surface area contributed by atoms with Crippen LogP contribution in [-0.2, 0) is 23.0 Å². The number of anilines is 1. The van der Waals surface area contributed by atoms with E-state index in [0.29, 0.717) is 18.8 Å². The lowest BCUT2D eigenvalue weighted by Crippen LogP contribution is -2.27. The first-order valence-electron chi connectivity index (χ1n) is 10.0. The minimum Gasteiger partial charge on any atom is -0.356 e. The Labute approximate surface area is 174 Å². The predicted octanol–water partition coefficient (Wildman–Crippen LogP) is 2.26. The fraction of sp³-hybridized carbons (Fsp3) is 0.350. The van der Waals surface area contributed by atoms with E-state index < -0.39 is 10.0 Å². The van der Waals surface area contributed by atoms with E-state index in [1.54, 1.807) is 23.1 Å². The quantitative estimate of drug-likeness (QED) is 0.650. The first-order valence-corrected chi connectivity index (χ1v) is 11.5. The molecule has 1 amide bonds. The molecule has 10 heteroatoms. The SMILES string of the molecule is O=C(c1cc(S(=O)(=O)Nc2cccc(-c3nnc4n3CCC4)c2)c[nH]1)N1CCCC1. The number of likely N-dealkylation sites (tertiary alicyclic amines) is 1. The van der Waals surface area contributed by atoms with Crippen LogP contribution in [0.1, 0.15) is 35.6 Å². The normalized spacial score (nSPS) is 16.1. The van der Waals surface area contributed by atoms with Crippen molar-refractivity contribution in [2.45, 2.75) is 37.1 Å². The molecule has 3 aromatic rings. The summed E-state index contributed by atoms with van der Waals surface area (Å²) in [6.07, 6.45) is 5.25. The minimum atomic E-state index is -3.84. The number of rotatable bonds is 5. The molecule has 1 saturated heterocycles. The van der Waals surface area contributed by atoms with Crippen LogP contribution < -0.4 is 4.72 Å². The van der Waals surface area contributed by atoms with Gasteiger partial charge in [-0.2, -0.15) is 0 Å². The lowest BCUT2D eigenvalue weighted by Gasteiger charge is -2.13. The van der Waals surface area contributed by atoms with E-state index in [0.717, 1.165) is 49.4 Å². The number of carbonyl (C=O) groups is 1. The van der Waals surface area contributed by atoms with Crippen molar-refractivity contribution in [2.24, 2.45) is 0 Å². The van der Waals surface area contributed by atoms with Crippen molar-refractivity contribution in [2.75, 3.05) is 17.8 Å². The average Bonchev–Trinajstić information content (AvgIpc) is 3.52. The second kappa shape index (κ2) is 7.28. The predicted molar refractivity (Wildman–Crippen MR) is 111 cm³/mol. The number of nitrogens with zero attached hydrogens (tertiary/aromatic N) is 4. The van der Waals surface area contributed by atoms with Crippen molar-refractivity contribution >= 4 is 21.6 Å². The number of aromatic nitrogens is 4. The van der Waals surface area contributed by atoms with Crippen LogP contribution in [-0.4, -0.2) is 52.1 Å². The van der Waals surface area contributed by atoms with Crippen molar-refractivity contribution in [3.63, 3.8) is 0 Å². The van der Waals surface area contributed by atoms with Gasteiger partial charge in [-0.25, -0.2) is 8.42 Å². The molecule has 0 radical (unpaired) electrons. The summed E-state index contributed by atoms with van der Waals surface area (Å²) in [6, 6.07) is 8.49. The molecule has 30 heavy (non-hydrogen) atoms. The Morgan fingerprint density at radius 1 is 1.07 bits per heavy atom. The molecule has 2 aromatic heterocycles. The smallest absolute Gasteiger partial charge is 0.270 e. The molecule has 2 aliphatic rings. The van der Waals surface area contributed by atoms with Crippen LogP contribution >= 0.6 is 0 Å². The van der Waals surface area contributed by atoms with Gasteiger partial charge in [-0.1, -0.05) is 12.1 Å². The monoisotopic (exact) mass is 426 g/mol. The van der Waals surface area contributed by atoms with Gasteiger partial charge in [0.15, 0.2) is 5.82 Å². The van der Waals surface area contributed by atoms with Gasteiger partial charge in [-0.3, -0.25) is 9.52 Å². The average molecular weight is 427 g/mol. The van der Waals surface area contributed by atoms with E-state index in [1.165, 1.54) is 12.3 Å². The van der Waals surface area contributed by atoms with Crippen molar-refractivity contribution in [1.29, 1.82) is 0 Å². The zero-order valence-electron chi connectivity index (χ0n) is 16.3. The van der Waals surface area contributed by atoms with Crippen LogP contribution in [0.5, 0.6) is 0 Å². The Morgan fingerprint density at radius 2 is 1.90 bits per heavy atom. The molecule has 156 valence electrons. The second-order valence-electron chi connectivity index (χ2n) is 7.63. The molecule has 0 aliphatic carbocycles. The molecule has 2 aliphatic heterocycles. The van der Waals surface area contributed by atoms with E-state index in [-0.39, 0.29) is 16.5 Å². The maximum Gasteiger partial charge on any atom is 0.270 e. The molecule has 0 bridgehead atoms. The van der Waals surface area contributed by atoms with Gasteiger partial charge in [0.25, 0.3) is 15.9 Å². The van der Waals surface area contributed by atoms with Crippen LogP contribution in [0.3, 0.4) is 0 Å². The number of aromatic amines is 1. The second-order valence-corrected chi connectivity index (χ2v) is 9.31. The molecule has 0 saturated carbocycles. The van der Waals surface area contributed by atoms with E-state index in [1.807, 2.05) is 6.07 Å². The first kappa shape index (κ1) is 18.9. The van der Waals surface area contributed by atoms with Crippen LogP contribution in [0.15, 0.2) is 41.4 Å². The Balaban J connectivity index is 1.37. The summed E-state index contributed by atoms with van der Waals surface area (Å²) >= 11 is 0. The summed E-state index contributed by atoms with van der Waals surface area (Å²) < 4.78 is 30.4. The number of amides is 1. The number of nitrogens with one attached hydrogen (secondary N) is 2. The third-order valence-electron chi connectivity index (χ3n) is 5.57. The van der Waals surface area contributed by atoms with Gasteiger partial charge in [0.1, 0.15) is 16.4 Å². The number of fused-ring (bicyclic) bond motifs is 1. The molecule has 9 nitrogen and oxygen atoms in total. The largest absolute Gasteiger partial charge is 0.356 e. The minimum absolute atomic E-state index is 0.0267. The molecular formula is C20H22N6O3S. The maximum atomic E-state index is 12.9. The first-order chi connectivity index (χ1) is 14.5. The highest BCUT2D eigenvalue weighted by molar-refractivity contribution is 7.92. The van der Waals surface area contributed by atoms with E-state index in [4.69, 9.17) is 0 Å². The standard InChI is InChI=1S/C20H22N6O3S/c27-20(25-8-1-2-9-25)17-12-16(13-21-17)30(28,29)24-15-6-3-5-14(11-15)19-23-22-18-7-4-10-26(18)19/h3,5-6,11-13,21,24H,1-2,4,7-10H2.